The Hall–Kier alpha value is -1.42. The molecule has 4 nitrogen and oxygen atoms in total. The van der Waals surface area contributed by atoms with E-state index in [1.54, 1.807) is 14.2 Å². The molecule has 0 unspecified atom stereocenters. The zero-order valence-corrected chi connectivity index (χ0v) is 10.9. The Balaban J connectivity index is 3.13. The predicted octanol–water partition coefficient (Wildman–Crippen LogP) is 2.16. The molecule has 0 spiro atoms. The van der Waals surface area contributed by atoms with E-state index in [1.807, 2.05) is 12.1 Å². The lowest BCUT2D eigenvalue weighted by Crippen LogP contribution is -2.11. The van der Waals surface area contributed by atoms with Crippen LogP contribution in [0.1, 0.15) is 25.3 Å². The second kappa shape index (κ2) is 6.35. The van der Waals surface area contributed by atoms with Crippen molar-refractivity contribution in [1.29, 1.82) is 0 Å². The minimum atomic E-state index is 0.363. The topological polar surface area (TPSA) is 53.7 Å². The molecule has 0 aromatic heterocycles. The fourth-order valence-corrected chi connectivity index (χ4v) is 1.63. The van der Waals surface area contributed by atoms with Gasteiger partial charge in [0.05, 0.1) is 14.2 Å². The van der Waals surface area contributed by atoms with Crippen LogP contribution in [-0.2, 0) is 0 Å². The summed E-state index contributed by atoms with van der Waals surface area (Å²) in [6, 6.07) is 3.80. The van der Waals surface area contributed by atoms with Gasteiger partial charge in [-0.3, -0.25) is 0 Å². The van der Waals surface area contributed by atoms with E-state index < -0.39 is 0 Å². The van der Waals surface area contributed by atoms with Crippen LogP contribution in [0.3, 0.4) is 0 Å². The fraction of sp³-hybridized carbons (Fsp3) is 0.538. The zero-order chi connectivity index (χ0) is 12.8. The number of ether oxygens (including phenoxy) is 3. The Bertz CT molecular complexity index is 364. The molecule has 4 heteroatoms. The molecule has 0 amide bonds. The van der Waals surface area contributed by atoms with Crippen molar-refractivity contribution in [2.24, 2.45) is 5.73 Å². The SMILES string of the molecule is COc1cc(C(C)C)c(OC)cc1OCCN. The fourth-order valence-electron chi connectivity index (χ4n) is 1.63. The van der Waals surface area contributed by atoms with Gasteiger partial charge in [0.1, 0.15) is 12.4 Å². The first-order valence-electron chi connectivity index (χ1n) is 5.72. The molecule has 17 heavy (non-hydrogen) atoms. The Morgan fingerprint density at radius 3 is 2.18 bits per heavy atom. The van der Waals surface area contributed by atoms with Crippen LogP contribution >= 0.6 is 0 Å². The number of benzene rings is 1. The van der Waals surface area contributed by atoms with Crippen molar-refractivity contribution in [2.75, 3.05) is 27.4 Å². The third-order valence-corrected chi connectivity index (χ3v) is 2.51. The number of methoxy groups -OCH3 is 2. The zero-order valence-electron chi connectivity index (χ0n) is 10.9. The van der Waals surface area contributed by atoms with Gasteiger partial charge in [0.15, 0.2) is 11.5 Å². The molecule has 0 bridgehead atoms. The van der Waals surface area contributed by atoms with E-state index in [2.05, 4.69) is 13.8 Å². The van der Waals surface area contributed by atoms with Crippen LogP contribution in [0.25, 0.3) is 0 Å². The summed E-state index contributed by atoms with van der Waals surface area (Å²) in [5.74, 6) is 2.55. The van der Waals surface area contributed by atoms with Gasteiger partial charge in [-0.1, -0.05) is 13.8 Å². The van der Waals surface area contributed by atoms with Crippen LogP contribution in [0, 0.1) is 0 Å². The molecule has 1 rings (SSSR count). The summed E-state index contributed by atoms with van der Waals surface area (Å²) < 4.78 is 16.2. The van der Waals surface area contributed by atoms with E-state index >= 15 is 0 Å². The molecule has 1 aromatic rings. The van der Waals surface area contributed by atoms with Crippen molar-refractivity contribution in [2.45, 2.75) is 19.8 Å². The minimum absolute atomic E-state index is 0.363. The monoisotopic (exact) mass is 239 g/mol. The standard InChI is InChI=1S/C13H21NO3/c1-9(2)10-7-12(16-4)13(17-6-5-14)8-11(10)15-3/h7-9H,5-6,14H2,1-4H3. The van der Waals surface area contributed by atoms with E-state index in [0.29, 0.717) is 30.6 Å². The Morgan fingerprint density at radius 2 is 1.71 bits per heavy atom. The van der Waals surface area contributed by atoms with Crippen molar-refractivity contribution in [3.63, 3.8) is 0 Å². The maximum absolute atomic E-state index is 5.52. The Morgan fingerprint density at radius 1 is 1.06 bits per heavy atom. The molecule has 0 aliphatic heterocycles. The normalized spacial score (nSPS) is 10.5. The molecule has 0 aliphatic carbocycles. The molecule has 0 atom stereocenters. The van der Waals surface area contributed by atoms with Crippen molar-refractivity contribution >= 4 is 0 Å². The van der Waals surface area contributed by atoms with Gasteiger partial charge in [0, 0.05) is 18.2 Å². The van der Waals surface area contributed by atoms with Crippen molar-refractivity contribution in [1.82, 2.24) is 0 Å². The van der Waals surface area contributed by atoms with Crippen LogP contribution in [-0.4, -0.2) is 27.4 Å². The summed E-state index contributed by atoms with van der Waals surface area (Å²) in [4.78, 5) is 0. The highest BCUT2D eigenvalue weighted by atomic mass is 16.5. The van der Waals surface area contributed by atoms with Crippen LogP contribution in [0.15, 0.2) is 12.1 Å². The molecule has 96 valence electrons. The maximum Gasteiger partial charge on any atom is 0.164 e. The summed E-state index contributed by atoms with van der Waals surface area (Å²) in [6.45, 7) is 5.15. The molecule has 0 heterocycles. The van der Waals surface area contributed by atoms with Gasteiger partial charge < -0.3 is 19.9 Å². The summed E-state index contributed by atoms with van der Waals surface area (Å²) >= 11 is 0. The Labute approximate surface area is 103 Å². The lowest BCUT2D eigenvalue weighted by molar-refractivity contribution is 0.299. The second-order valence-electron chi connectivity index (χ2n) is 4.04. The van der Waals surface area contributed by atoms with Crippen molar-refractivity contribution in [3.8, 4) is 17.2 Å². The van der Waals surface area contributed by atoms with Gasteiger partial charge in [-0.05, 0) is 12.0 Å². The first-order chi connectivity index (χ1) is 8.13. The molecule has 0 saturated carbocycles. The molecule has 2 N–H and O–H groups in total. The van der Waals surface area contributed by atoms with Gasteiger partial charge in [0.2, 0.25) is 0 Å². The first-order valence-corrected chi connectivity index (χ1v) is 5.72. The summed E-state index contributed by atoms with van der Waals surface area (Å²) in [7, 11) is 3.28. The van der Waals surface area contributed by atoms with E-state index in [4.69, 9.17) is 19.9 Å². The maximum atomic E-state index is 5.52. The predicted molar refractivity (Wildman–Crippen MR) is 68.2 cm³/mol. The molecule has 0 fully saturated rings. The van der Waals surface area contributed by atoms with Gasteiger partial charge >= 0.3 is 0 Å². The summed E-state index contributed by atoms with van der Waals surface area (Å²) in [5.41, 5.74) is 6.52. The van der Waals surface area contributed by atoms with Gasteiger partial charge in [-0.25, -0.2) is 0 Å². The molecular weight excluding hydrogens is 218 g/mol. The minimum Gasteiger partial charge on any atom is -0.496 e. The average molecular weight is 239 g/mol. The van der Waals surface area contributed by atoms with Crippen LogP contribution in [0.5, 0.6) is 17.2 Å². The largest absolute Gasteiger partial charge is 0.496 e. The quantitative estimate of drug-likeness (QED) is 0.826. The van der Waals surface area contributed by atoms with E-state index in [1.165, 1.54) is 0 Å². The van der Waals surface area contributed by atoms with Gasteiger partial charge in [-0.2, -0.15) is 0 Å². The van der Waals surface area contributed by atoms with E-state index in [9.17, 15) is 0 Å². The smallest absolute Gasteiger partial charge is 0.164 e. The molecule has 0 radical (unpaired) electrons. The van der Waals surface area contributed by atoms with Gasteiger partial charge in [-0.15, -0.1) is 0 Å². The molecule has 1 aromatic carbocycles. The van der Waals surface area contributed by atoms with Crippen LogP contribution < -0.4 is 19.9 Å². The molecular formula is C13H21NO3. The second-order valence-corrected chi connectivity index (χ2v) is 4.04. The Kier molecular flexibility index (Phi) is 5.10. The summed E-state index contributed by atoms with van der Waals surface area (Å²) in [5, 5.41) is 0. The molecule has 0 aliphatic rings. The number of hydrogen-bond donors (Lipinski definition) is 1. The molecule has 0 saturated heterocycles. The third kappa shape index (κ3) is 3.27. The highest BCUT2D eigenvalue weighted by Gasteiger charge is 2.14. The number of hydrogen-bond acceptors (Lipinski definition) is 4. The van der Waals surface area contributed by atoms with Gasteiger partial charge in [0.25, 0.3) is 0 Å². The number of nitrogens with two attached hydrogens (primary N) is 1. The summed E-state index contributed by atoms with van der Waals surface area (Å²) in [6.07, 6.45) is 0. The van der Waals surface area contributed by atoms with Crippen LogP contribution in [0.4, 0.5) is 0 Å². The lowest BCUT2D eigenvalue weighted by Gasteiger charge is -2.17. The highest BCUT2D eigenvalue weighted by Crippen LogP contribution is 2.37. The first kappa shape index (κ1) is 13.6. The number of rotatable bonds is 6. The van der Waals surface area contributed by atoms with Crippen molar-refractivity contribution in [3.05, 3.63) is 17.7 Å². The highest BCUT2D eigenvalue weighted by molar-refractivity contribution is 5.51. The van der Waals surface area contributed by atoms with E-state index in [-0.39, 0.29) is 0 Å². The lowest BCUT2D eigenvalue weighted by atomic mass is 10.0. The van der Waals surface area contributed by atoms with E-state index in [0.717, 1.165) is 11.3 Å². The van der Waals surface area contributed by atoms with Crippen LogP contribution in [0.2, 0.25) is 0 Å². The van der Waals surface area contributed by atoms with Crippen molar-refractivity contribution < 1.29 is 14.2 Å². The third-order valence-electron chi connectivity index (χ3n) is 2.51. The average Bonchev–Trinajstić information content (AvgIpc) is 2.34.